The number of hydrogen-bond donors (Lipinski definition) is 2. The Labute approximate surface area is 190 Å². The van der Waals surface area contributed by atoms with Crippen LogP contribution >= 0.6 is 0 Å². The predicted molar refractivity (Wildman–Crippen MR) is 122 cm³/mol. The van der Waals surface area contributed by atoms with Crippen LogP contribution in [-0.4, -0.2) is 48.3 Å². The standard InChI is InChI=1S/C26H35N3O3/c30-23(21-6-2-1-3-7-21)27-9-5-10-28-24(31)22-8-4-11-29(22)25(32)26-15-18-12-19(16-26)14-20(13-18)17-26/h1-3,6-7,18-20,22H,4-5,8-17H2,(H,27,30)(H,28,31)/t18?,19?,20?,22-,26?/m0/s1. The number of rotatable bonds is 7. The molecule has 6 rings (SSSR count). The van der Waals surface area contributed by atoms with Crippen LogP contribution < -0.4 is 10.6 Å². The van der Waals surface area contributed by atoms with E-state index in [9.17, 15) is 14.4 Å². The monoisotopic (exact) mass is 437 g/mol. The van der Waals surface area contributed by atoms with E-state index in [-0.39, 0.29) is 29.2 Å². The van der Waals surface area contributed by atoms with Gasteiger partial charge in [-0.2, -0.15) is 0 Å². The minimum absolute atomic E-state index is 0.0324. The molecule has 32 heavy (non-hydrogen) atoms. The van der Waals surface area contributed by atoms with E-state index in [0.29, 0.717) is 31.6 Å². The van der Waals surface area contributed by atoms with E-state index in [1.165, 1.54) is 19.3 Å². The lowest BCUT2D eigenvalue weighted by atomic mass is 9.49. The number of nitrogens with zero attached hydrogens (tertiary/aromatic N) is 1. The minimum Gasteiger partial charge on any atom is -0.354 e. The van der Waals surface area contributed by atoms with Gasteiger partial charge in [0.25, 0.3) is 5.91 Å². The van der Waals surface area contributed by atoms with Gasteiger partial charge >= 0.3 is 0 Å². The van der Waals surface area contributed by atoms with Crippen LogP contribution in [0.15, 0.2) is 30.3 Å². The summed E-state index contributed by atoms with van der Waals surface area (Å²) < 4.78 is 0. The fourth-order valence-corrected chi connectivity index (χ4v) is 7.27. The number of amides is 3. The van der Waals surface area contributed by atoms with Crippen LogP contribution in [0, 0.1) is 23.2 Å². The second-order valence-corrected chi connectivity index (χ2v) is 10.6. The fraction of sp³-hybridized carbons (Fsp3) is 0.654. The Morgan fingerprint density at radius 1 is 0.906 bits per heavy atom. The summed E-state index contributed by atoms with van der Waals surface area (Å²) in [5.74, 6) is 2.32. The van der Waals surface area contributed by atoms with Gasteiger partial charge in [0, 0.05) is 25.2 Å². The van der Waals surface area contributed by atoms with Crippen molar-refractivity contribution in [2.45, 2.75) is 63.8 Å². The largest absolute Gasteiger partial charge is 0.354 e. The van der Waals surface area contributed by atoms with E-state index in [1.54, 1.807) is 12.1 Å². The molecule has 6 heteroatoms. The van der Waals surface area contributed by atoms with E-state index in [0.717, 1.165) is 49.9 Å². The Morgan fingerprint density at radius 2 is 1.53 bits per heavy atom. The third-order valence-corrected chi connectivity index (χ3v) is 8.28. The average molecular weight is 438 g/mol. The summed E-state index contributed by atoms with van der Waals surface area (Å²) in [6.07, 6.45) is 9.42. The Balaban J connectivity index is 1.10. The maximum Gasteiger partial charge on any atom is 0.251 e. The summed E-state index contributed by atoms with van der Waals surface area (Å²) in [7, 11) is 0. The van der Waals surface area contributed by atoms with E-state index in [4.69, 9.17) is 0 Å². The van der Waals surface area contributed by atoms with Crippen molar-refractivity contribution in [1.82, 2.24) is 15.5 Å². The number of benzene rings is 1. The lowest BCUT2D eigenvalue weighted by molar-refractivity contribution is -0.160. The minimum atomic E-state index is -0.325. The van der Waals surface area contributed by atoms with Gasteiger partial charge in [-0.15, -0.1) is 0 Å². The molecule has 0 spiro atoms. The number of likely N-dealkylation sites (tertiary alicyclic amines) is 1. The highest BCUT2D eigenvalue weighted by molar-refractivity contribution is 5.94. The molecule has 5 aliphatic rings. The third kappa shape index (κ3) is 4.16. The number of hydrogen-bond acceptors (Lipinski definition) is 3. The topological polar surface area (TPSA) is 78.5 Å². The Kier molecular flexibility index (Phi) is 5.95. The quantitative estimate of drug-likeness (QED) is 0.644. The maximum atomic E-state index is 13.7. The van der Waals surface area contributed by atoms with Crippen LogP contribution in [0.1, 0.15) is 68.1 Å². The Hall–Kier alpha value is -2.37. The highest BCUT2D eigenvalue weighted by Gasteiger charge is 2.56. The molecule has 0 unspecified atom stereocenters. The van der Waals surface area contributed by atoms with Gasteiger partial charge in [0.15, 0.2) is 0 Å². The molecule has 1 aliphatic heterocycles. The van der Waals surface area contributed by atoms with Crippen molar-refractivity contribution in [2.24, 2.45) is 23.2 Å². The first-order valence-corrected chi connectivity index (χ1v) is 12.5. The van der Waals surface area contributed by atoms with Gasteiger partial charge in [0.2, 0.25) is 11.8 Å². The van der Waals surface area contributed by atoms with Gasteiger partial charge in [-0.1, -0.05) is 18.2 Å². The summed E-state index contributed by atoms with van der Waals surface area (Å²) in [4.78, 5) is 40.6. The van der Waals surface area contributed by atoms with Crippen molar-refractivity contribution in [3.05, 3.63) is 35.9 Å². The van der Waals surface area contributed by atoms with Gasteiger partial charge in [0.05, 0.1) is 5.41 Å². The van der Waals surface area contributed by atoms with Crippen molar-refractivity contribution >= 4 is 17.7 Å². The molecular weight excluding hydrogens is 402 g/mol. The number of nitrogens with one attached hydrogen (secondary N) is 2. The summed E-state index contributed by atoms with van der Waals surface area (Å²) >= 11 is 0. The van der Waals surface area contributed by atoms with E-state index in [1.807, 2.05) is 23.1 Å². The zero-order valence-electron chi connectivity index (χ0n) is 18.9. The zero-order chi connectivity index (χ0) is 22.1. The lowest BCUT2D eigenvalue weighted by Gasteiger charge is -2.56. The van der Waals surface area contributed by atoms with Gasteiger partial charge in [0.1, 0.15) is 6.04 Å². The molecule has 6 nitrogen and oxygen atoms in total. The molecule has 1 aromatic carbocycles. The summed E-state index contributed by atoms with van der Waals surface area (Å²) in [6.45, 7) is 1.73. The van der Waals surface area contributed by atoms with E-state index in [2.05, 4.69) is 10.6 Å². The molecule has 1 saturated heterocycles. The van der Waals surface area contributed by atoms with Crippen LogP contribution in [0.25, 0.3) is 0 Å². The van der Waals surface area contributed by atoms with Crippen molar-refractivity contribution in [3.63, 3.8) is 0 Å². The third-order valence-electron chi connectivity index (χ3n) is 8.28. The first-order valence-electron chi connectivity index (χ1n) is 12.5. The normalized spacial score (nSPS) is 32.7. The molecule has 0 aromatic heterocycles. The van der Waals surface area contributed by atoms with Crippen molar-refractivity contribution in [2.75, 3.05) is 19.6 Å². The van der Waals surface area contributed by atoms with Gasteiger partial charge in [-0.25, -0.2) is 0 Å². The summed E-state index contributed by atoms with van der Waals surface area (Å²) in [5.41, 5.74) is 0.459. The van der Waals surface area contributed by atoms with Gasteiger partial charge in [-0.3, -0.25) is 14.4 Å². The molecule has 4 bridgehead atoms. The maximum absolute atomic E-state index is 13.7. The lowest BCUT2D eigenvalue weighted by Crippen LogP contribution is -2.57. The van der Waals surface area contributed by atoms with Crippen LogP contribution in [0.4, 0.5) is 0 Å². The molecule has 4 aliphatic carbocycles. The average Bonchev–Trinajstić information content (AvgIpc) is 3.27. The molecule has 4 saturated carbocycles. The molecule has 0 radical (unpaired) electrons. The summed E-state index contributed by atoms with van der Waals surface area (Å²) in [5, 5.41) is 5.90. The Bertz CT molecular complexity index is 833. The van der Waals surface area contributed by atoms with Crippen LogP contribution in [0.3, 0.4) is 0 Å². The first-order chi connectivity index (χ1) is 15.5. The van der Waals surface area contributed by atoms with Crippen LogP contribution in [0.5, 0.6) is 0 Å². The van der Waals surface area contributed by atoms with Crippen LogP contribution in [0.2, 0.25) is 0 Å². The molecule has 3 amide bonds. The molecule has 1 aromatic rings. The molecule has 1 heterocycles. The van der Waals surface area contributed by atoms with Crippen molar-refractivity contribution in [1.29, 1.82) is 0 Å². The SMILES string of the molecule is O=C(NCCCNC(=O)[C@@H]1CCCN1C(=O)C12CC3CC(CC(C3)C1)C2)c1ccccc1. The van der Waals surface area contributed by atoms with Gasteiger partial charge < -0.3 is 15.5 Å². The zero-order valence-corrected chi connectivity index (χ0v) is 18.9. The molecular formula is C26H35N3O3. The Morgan fingerprint density at radius 3 is 2.19 bits per heavy atom. The van der Waals surface area contributed by atoms with E-state index < -0.39 is 0 Å². The molecule has 2 N–H and O–H groups in total. The highest BCUT2D eigenvalue weighted by atomic mass is 16.2. The number of carbonyl (C=O) groups is 3. The highest BCUT2D eigenvalue weighted by Crippen LogP contribution is 2.60. The first kappa shape index (κ1) is 21.5. The van der Waals surface area contributed by atoms with E-state index >= 15 is 0 Å². The summed E-state index contributed by atoms with van der Waals surface area (Å²) in [6, 6.07) is 8.81. The predicted octanol–water partition coefficient (Wildman–Crippen LogP) is 3.13. The second-order valence-electron chi connectivity index (χ2n) is 10.6. The smallest absolute Gasteiger partial charge is 0.251 e. The van der Waals surface area contributed by atoms with Crippen LogP contribution in [-0.2, 0) is 9.59 Å². The molecule has 172 valence electrons. The molecule has 5 fully saturated rings. The fourth-order valence-electron chi connectivity index (χ4n) is 7.27. The molecule has 1 atom stereocenters. The van der Waals surface area contributed by atoms with Crippen molar-refractivity contribution in [3.8, 4) is 0 Å². The van der Waals surface area contributed by atoms with Crippen molar-refractivity contribution < 1.29 is 14.4 Å². The second kappa shape index (κ2) is 8.87. The number of carbonyl (C=O) groups excluding carboxylic acids is 3. The van der Waals surface area contributed by atoms with Gasteiger partial charge in [-0.05, 0) is 87.7 Å².